The van der Waals surface area contributed by atoms with Crippen LogP contribution in [0.2, 0.25) is 5.02 Å². The summed E-state index contributed by atoms with van der Waals surface area (Å²) < 4.78 is 44.6. The predicted octanol–water partition coefficient (Wildman–Crippen LogP) is 6.88. The monoisotopic (exact) mass is 541 g/mol. The van der Waals surface area contributed by atoms with Crippen LogP contribution in [-0.2, 0) is 10.1 Å². The SMILES string of the molecule is COc1cc(N=Nc2c(S(=O)(=O)O)cc3ccc(N)cc3c2O)c(OC)cc1N=Nc1cccc(Cl)c1. The molecule has 0 atom stereocenters. The molecular weight excluding hydrogens is 522 g/mol. The Morgan fingerprint density at radius 3 is 2.11 bits per heavy atom. The van der Waals surface area contributed by atoms with E-state index < -0.39 is 26.5 Å². The van der Waals surface area contributed by atoms with Gasteiger partial charge in [-0.15, -0.1) is 15.3 Å². The van der Waals surface area contributed by atoms with E-state index in [0.717, 1.165) is 6.07 Å². The Bertz CT molecular complexity index is 1670. The summed E-state index contributed by atoms with van der Waals surface area (Å²) in [5, 5.41) is 28.2. The molecule has 4 N–H and O–H groups in total. The van der Waals surface area contributed by atoms with Crippen LogP contribution in [0, 0.1) is 0 Å². The minimum atomic E-state index is -4.77. The van der Waals surface area contributed by atoms with E-state index in [2.05, 4.69) is 20.5 Å². The molecule has 0 fully saturated rings. The number of nitrogens with zero attached hydrogens (tertiary/aromatic N) is 4. The molecule has 0 aliphatic heterocycles. The van der Waals surface area contributed by atoms with Gasteiger partial charge < -0.3 is 20.3 Å². The summed E-state index contributed by atoms with van der Waals surface area (Å²) in [6.45, 7) is 0. The van der Waals surface area contributed by atoms with Crippen LogP contribution in [0.25, 0.3) is 10.8 Å². The third-order valence-electron chi connectivity index (χ3n) is 5.17. The molecule has 190 valence electrons. The van der Waals surface area contributed by atoms with E-state index in [0.29, 0.717) is 27.5 Å². The molecular formula is C24H20ClN5O6S. The highest BCUT2D eigenvalue weighted by molar-refractivity contribution is 7.86. The Morgan fingerprint density at radius 1 is 0.865 bits per heavy atom. The van der Waals surface area contributed by atoms with E-state index >= 15 is 0 Å². The highest BCUT2D eigenvalue weighted by Gasteiger charge is 2.22. The first-order valence-corrected chi connectivity index (χ1v) is 12.3. The van der Waals surface area contributed by atoms with Crippen LogP contribution in [0.5, 0.6) is 17.2 Å². The van der Waals surface area contributed by atoms with Gasteiger partial charge in [-0.25, -0.2) is 0 Å². The molecule has 0 aromatic heterocycles. The molecule has 11 nitrogen and oxygen atoms in total. The summed E-state index contributed by atoms with van der Waals surface area (Å²) in [6.07, 6.45) is 0. The number of rotatable bonds is 7. The number of aromatic hydroxyl groups is 1. The lowest BCUT2D eigenvalue weighted by Gasteiger charge is -2.11. The van der Waals surface area contributed by atoms with Crippen LogP contribution in [0.4, 0.5) is 28.4 Å². The molecule has 0 amide bonds. The normalized spacial score (nSPS) is 12.0. The van der Waals surface area contributed by atoms with Crippen LogP contribution in [-0.4, -0.2) is 32.3 Å². The molecule has 0 aliphatic carbocycles. The molecule has 4 rings (SSSR count). The minimum Gasteiger partial charge on any atom is -0.505 e. The van der Waals surface area contributed by atoms with Gasteiger partial charge in [-0.05, 0) is 41.8 Å². The van der Waals surface area contributed by atoms with Gasteiger partial charge in [-0.2, -0.15) is 13.5 Å². The van der Waals surface area contributed by atoms with Crippen molar-refractivity contribution in [3.8, 4) is 17.2 Å². The smallest absolute Gasteiger partial charge is 0.296 e. The highest BCUT2D eigenvalue weighted by Crippen LogP contribution is 2.44. The van der Waals surface area contributed by atoms with Crippen molar-refractivity contribution in [2.24, 2.45) is 20.5 Å². The zero-order valence-electron chi connectivity index (χ0n) is 19.5. The van der Waals surface area contributed by atoms with Crippen molar-refractivity contribution in [3.05, 3.63) is 65.7 Å². The molecule has 4 aromatic rings. The predicted molar refractivity (Wildman–Crippen MR) is 139 cm³/mol. The van der Waals surface area contributed by atoms with E-state index in [1.54, 1.807) is 24.3 Å². The van der Waals surface area contributed by atoms with E-state index in [1.807, 2.05) is 0 Å². The number of nitrogen functional groups attached to an aromatic ring is 1. The Hall–Kier alpha value is -4.26. The molecule has 4 aromatic carbocycles. The van der Waals surface area contributed by atoms with Crippen molar-refractivity contribution in [2.45, 2.75) is 4.90 Å². The van der Waals surface area contributed by atoms with Crippen LogP contribution in [0.15, 0.2) is 86.0 Å². The van der Waals surface area contributed by atoms with Gasteiger partial charge in [0.2, 0.25) is 0 Å². The van der Waals surface area contributed by atoms with Crippen molar-refractivity contribution in [1.29, 1.82) is 0 Å². The molecule has 0 saturated carbocycles. The standard InChI is InChI=1S/C24H20ClN5O6S/c1-35-20-12-19(21(36-2)11-18(20)28-27-16-5-3-4-14(25)9-16)29-30-23-22(37(32,33)34)8-13-6-7-15(26)10-17(13)24(23)31/h3-12,31H,26H2,1-2H3,(H,32,33,34). The number of halogens is 1. The number of ether oxygens (including phenoxy) is 2. The average molecular weight is 542 g/mol. The average Bonchev–Trinajstić information content (AvgIpc) is 2.86. The number of hydrogen-bond donors (Lipinski definition) is 3. The van der Waals surface area contributed by atoms with Crippen molar-refractivity contribution < 1.29 is 27.6 Å². The maximum atomic E-state index is 12.0. The largest absolute Gasteiger partial charge is 0.505 e. The number of hydrogen-bond acceptors (Lipinski definition) is 10. The first kappa shape index (κ1) is 25.8. The number of phenolic OH excluding ortho intramolecular Hbond substituents is 1. The maximum absolute atomic E-state index is 12.0. The number of benzene rings is 4. The number of azo groups is 2. The second kappa shape index (κ2) is 10.4. The topological polar surface area (TPSA) is 169 Å². The third-order valence-corrected chi connectivity index (χ3v) is 6.28. The second-order valence-corrected chi connectivity index (χ2v) is 9.43. The lowest BCUT2D eigenvalue weighted by Crippen LogP contribution is -1.99. The first-order chi connectivity index (χ1) is 17.6. The van der Waals surface area contributed by atoms with Crippen molar-refractivity contribution in [3.63, 3.8) is 0 Å². The number of phenols is 1. The van der Waals surface area contributed by atoms with E-state index in [-0.39, 0.29) is 22.6 Å². The maximum Gasteiger partial charge on any atom is 0.296 e. The molecule has 0 unspecified atom stereocenters. The van der Waals surface area contributed by atoms with Gasteiger partial charge in [0.05, 0.1) is 19.9 Å². The second-order valence-electron chi connectivity index (χ2n) is 7.60. The fraction of sp³-hybridized carbons (Fsp3) is 0.0833. The van der Waals surface area contributed by atoms with Crippen molar-refractivity contribution in [2.75, 3.05) is 20.0 Å². The summed E-state index contributed by atoms with van der Waals surface area (Å²) in [5.74, 6) is -0.0763. The summed E-state index contributed by atoms with van der Waals surface area (Å²) in [7, 11) is -1.97. The lowest BCUT2D eigenvalue weighted by molar-refractivity contribution is 0.405. The molecule has 0 aliphatic rings. The van der Waals surface area contributed by atoms with Crippen molar-refractivity contribution >= 4 is 60.9 Å². The number of methoxy groups -OCH3 is 2. The molecule has 0 heterocycles. The number of fused-ring (bicyclic) bond motifs is 1. The van der Waals surface area contributed by atoms with E-state index in [4.69, 9.17) is 26.8 Å². The molecule has 13 heteroatoms. The van der Waals surface area contributed by atoms with Gasteiger partial charge in [0.15, 0.2) is 5.75 Å². The Morgan fingerprint density at radius 2 is 1.51 bits per heavy atom. The van der Waals surface area contributed by atoms with Crippen LogP contribution < -0.4 is 15.2 Å². The Labute approximate surface area is 216 Å². The van der Waals surface area contributed by atoms with Crippen LogP contribution in [0.3, 0.4) is 0 Å². The molecule has 0 saturated heterocycles. The third kappa shape index (κ3) is 5.61. The van der Waals surface area contributed by atoms with Gasteiger partial charge in [0.25, 0.3) is 10.1 Å². The van der Waals surface area contributed by atoms with Gasteiger partial charge >= 0.3 is 0 Å². The number of anilines is 1. The fourth-order valence-corrected chi connectivity index (χ4v) is 4.27. The summed E-state index contributed by atoms with van der Waals surface area (Å²) in [4.78, 5) is -0.635. The molecule has 0 radical (unpaired) electrons. The Kier molecular flexibility index (Phi) is 7.25. The van der Waals surface area contributed by atoms with Crippen molar-refractivity contribution in [1.82, 2.24) is 0 Å². The van der Waals surface area contributed by atoms with E-state index in [1.165, 1.54) is 44.6 Å². The van der Waals surface area contributed by atoms with Crippen LogP contribution in [0.1, 0.15) is 0 Å². The quantitative estimate of drug-likeness (QED) is 0.130. The lowest BCUT2D eigenvalue weighted by atomic mass is 10.1. The van der Waals surface area contributed by atoms with Gasteiger partial charge in [-0.3, -0.25) is 4.55 Å². The summed E-state index contributed by atoms with van der Waals surface area (Å²) in [6, 6.07) is 15.4. The molecule has 0 spiro atoms. The van der Waals surface area contributed by atoms with Crippen LogP contribution >= 0.6 is 11.6 Å². The Balaban J connectivity index is 1.81. The summed E-state index contributed by atoms with van der Waals surface area (Å²) in [5.41, 5.74) is 6.59. The fourth-order valence-electron chi connectivity index (χ4n) is 3.43. The zero-order chi connectivity index (χ0) is 26.7. The minimum absolute atomic E-state index is 0.120. The van der Waals surface area contributed by atoms with Gasteiger partial charge in [0.1, 0.15) is 33.5 Å². The van der Waals surface area contributed by atoms with Gasteiger partial charge in [-0.1, -0.05) is 23.7 Å². The van der Waals surface area contributed by atoms with E-state index in [9.17, 15) is 18.1 Å². The van der Waals surface area contributed by atoms with Gasteiger partial charge in [0, 0.05) is 28.2 Å². The highest BCUT2D eigenvalue weighted by atomic mass is 35.5. The number of nitrogens with two attached hydrogens (primary N) is 1. The zero-order valence-corrected chi connectivity index (χ0v) is 21.0. The molecule has 37 heavy (non-hydrogen) atoms. The first-order valence-electron chi connectivity index (χ1n) is 10.5. The molecule has 0 bridgehead atoms. The summed E-state index contributed by atoms with van der Waals surface area (Å²) >= 11 is 5.98.